The van der Waals surface area contributed by atoms with Crippen molar-refractivity contribution in [3.63, 3.8) is 0 Å². The lowest BCUT2D eigenvalue weighted by molar-refractivity contribution is 0.0998. The van der Waals surface area contributed by atoms with Crippen LogP contribution in [0.25, 0.3) is 11.0 Å². The first-order valence-corrected chi connectivity index (χ1v) is 6.19. The van der Waals surface area contributed by atoms with E-state index in [0.717, 1.165) is 10.9 Å². The molecule has 0 fully saturated rings. The Bertz CT molecular complexity index is 759. The summed E-state index contributed by atoms with van der Waals surface area (Å²) in [5.41, 5.74) is 1.64. The summed E-state index contributed by atoms with van der Waals surface area (Å²) in [6, 6.07) is 13.5. The molecular weight excluding hydrogens is 257 g/mol. The van der Waals surface area contributed by atoms with Gasteiger partial charge in [0.25, 0.3) is 5.91 Å². The van der Waals surface area contributed by atoms with Gasteiger partial charge in [0.2, 0.25) is 0 Å². The molecule has 0 saturated carbocycles. The van der Waals surface area contributed by atoms with Gasteiger partial charge in [-0.25, -0.2) is 4.39 Å². The summed E-state index contributed by atoms with van der Waals surface area (Å²) >= 11 is 0. The number of rotatable bonds is 2. The molecule has 0 radical (unpaired) electrons. The maximum Gasteiger partial charge on any atom is 0.291 e. The van der Waals surface area contributed by atoms with Crippen molar-refractivity contribution in [3.05, 3.63) is 65.7 Å². The van der Waals surface area contributed by atoms with Crippen LogP contribution in [-0.4, -0.2) is 5.91 Å². The van der Waals surface area contributed by atoms with E-state index in [9.17, 15) is 9.18 Å². The molecule has 0 atom stereocenters. The number of aryl methyl sites for hydroxylation is 1. The number of hydrogen-bond acceptors (Lipinski definition) is 2. The monoisotopic (exact) mass is 269 g/mol. The van der Waals surface area contributed by atoms with Crippen LogP contribution < -0.4 is 5.32 Å². The third-order valence-electron chi connectivity index (χ3n) is 3.02. The Kier molecular flexibility index (Phi) is 2.99. The number of amides is 1. The lowest BCUT2D eigenvalue weighted by Crippen LogP contribution is -2.12. The molecule has 1 amide bonds. The Hall–Kier alpha value is -2.62. The highest BCUT2D eigenvalue weighted by Gasteiger charge is 2.14. The minimum Gasteiger partial charge on any atom is -0.451 e. The van der Waals surface area contributed by atoms with Gasteiger partial charge in [-0.3, -0.25) is 4.79 Å². The quantitative estimate of drug-likeness (QED) is 0.760. The summed E-state index contributed by atoms with van der Waals surface area (Å²) in [4.78, 5) is 12.1. The van der Waals surface area contributed by atoms with Crippen molar-refractivity contribution >= 4 is 22.6 Å². The highest BCUT2D eigenvalue weighted by atomic mass is 19.1. The van der Waals surface area contributed by atoms with Gasteiger partial charge >= 0.3 is 0 Å². The maximum absolute atomic E-state index is 13.6. The molecule has 1 heterocycles. The van der Waals surface area contributed by atoms with E-state index in [2.05, 4.69) is 5.32 Å². The van der Waals surface area contributed by atoms with Crippen LogP contribution in [0.1, 0.15) is 16.1 Å². The minimum absolute atomic E-state index is 0.149. The van der Waals surface area contributed by atoms with Gasteiger partial charge in [0.15, 0.2) is 5.76 Å². The zero-order valence-corrected chi connectivity index (χ0v) is 10.8. The van der Waals surface area contributed by atoms with E-state index in [1.165, 1.54) is 6.07 Å². The lowest BCUT2D eigenvalue weighted by Gasteiger charge is -2.05. The number of halogens is 1. The van der Waals surface area contributed by atoms with E-state index in [1.54, 1.807) is 24.3 Å². The van der Waals surface area contributed by atoms with Crippen LogP contribution >= 0.6 is 0 Å². The second-order valence-corrected chi connectivity index (χ2v) is 4.59. The topological polar surface area (TPSA) is 42.2 Å². The molecule has 3 aromatic rings. The van der Waals surface area contributed by atoms with Gasteiger partial charge in [-0.1, -0.05) is 24.3 Å². The number of anilines is 1. The molecule has 1 aromatic heterocycles. The standard InChI is InChI=1S/C16H12FNO2/c1-10-6-7-12(17)13(8-10)18-16(19)15-9-11-4-2-3-5-14(11)20-15/h2-9H,1H3,(H,18,19). The smallest absolute Gasteiger partial charge is 0.291 e. The molecule has 0 aliphatic carbocycles. The largest absolute Gasteiger partial charge is 0.451 e. The van der Waals surface area contributed by atoms with Crippen LogP contribution in [0.4, 0.5) is 10.1 Å². The predicted molar refractivity (Wildman–Crippen MR) is 75.3 cm³/mol. The fourth-order valence-corrected chi connectivity index (χ4v) is 2.01. The van der Waals surface area contributed by atoms with Gasteiger partial charge in [0.1, 0.15) is 11.4 Å². The van der Waals surface area contributed by atoms with E-state index < -0.39 is 11.7 Å². The van der Waals surface area contributed by atoms with Gasteiger partial charge in [0, 0.05) is 5.39 Å². The van der Waals surface area contributed by atoms with Gasteiger partial charge in [-0.2, -0.15) is 0 Å². The predicted octanol–water partition coefficient (Wildman–Crippen LogP) is 4.13. The van der Waals surface area contributed by atoms with Crippen LogP contribution in [0.3, 0.4) is 0 Å². The zero-order chi connectivity index (χ0) is 14.1. The number of carbonyl (C=O) groups excluding carboxylic acids is 1. The highest BCUT2D eigenvalue weighted by molar-refractivity contribution is 6.04. The molecule has 20 heavy (non-hydrogen) atoms. The number of para-hydroxylation sites is 1. The average Bonchev–Trinajstić information content (AvgIpc) is 2.87. The fourth-order valence-electron chi connectivity index (χ4n) is 2.01. The third kappa shape index (κ3) is 2.28. The summed E-state index contributed by atoms with van der Waals surface area (Å²) in [7, 11) is 0. The number of hydrogen-bond donors (Lipinski definition) is 1. The Balaban J connectivity index is 1.90. The van der Waals surface area contributed by atoms with Crippen LogP contribution in [0.2, 0.25) is 0 Å². The van der Waals surface area contributed by atoms with Crippen molar-refractivity contribution in [3.8, 4) is 0 Å². The summed E-state index contributed by atoms with van der Waals surface area (Å²) in [5.74, 6) is -0.780. The van der Waals surface area contributed by atoms with Crippen molar-refractivity contribution in [2.45, 2.75) is 6.92 Å². The molecular formula is C16H12FNO2. The maximum atomic E-state index is 13.6. The summed E-state index contributed by atoms with van der Waals surface area (Å²) in [6.07, 6.45) is 0. The van der Waals surface area contributed by atoms with Crippen LogP contribution in [0, 0.1) is 12.7 Å². The molecule has 0 bridgehead atoms. The molecule has 0 aliphatic rings. The van der Waals surface area contributed by atoms with Gasteiger partial charge in [-0.15, -0.1) is 0 Å². The first kappa shape index (κ1) is 12.4. The second kappa shape index (κ2) is 4.81. The molecule has 0 saturated heterocycles. The number of benzene rings is 2. The normalized spacial score (nSPS) is 10.7. The Labute approximate surface area is 115 Å². The van der Waals surface area contributed by atoms with Crippen molar-refractivity contribution in [1.29, 1.82) is 0 Å². The first-order valence-electron chi connectivity index (χ1n) is 6.19. The number of furan rings is 1. The Morgan fingerprint density at radius 3 is 2.75 bits per heavy atom. The second-order valence-electron chi connectivity index (χ2n) is 4.59. The molecule has 100 valence electrons. The average molecular weight is 269 g/mol. The van der Waals surface area contributed by atoms with Crippen molar-refractivity contribution in [1.82, 2.24) is 0 Å². The van der Waals surface area contributed by atoms with Crippen molar-refractivity contribution in [2.75, 3.05) is 5.32 Å². The molecule has 0 aliphatic heterocycles. The zero-order valence-electron chi connectivity index (χ0n) is 10.8. The molecule has 1 N–H and O–H groups in total. The molecule has 3 rings (SSSR count). The molecule has 3 nitrogen and oxygen atoms in total. The number of fused-ring (bicyclic) bond motifs is 1. The first-order chi connectivity index (χ1) is 9.63. The van der Waals surface area contributed by atoms with E-state index in [1.807, 2.05) is 25.1 Å². The summed E-state index contributed by atoms with van der Waals surface area (Å²) < 4.78 is 19.0. The summed E-state index contributed by atoms with van der Waals surface area (Å²) in [6.45, 7) is 1.83. The fraction of sp³-hybridized carbons (Fsp3) is 0.0625. The minimum atomic E-state index is -0.472. The molecule has 0 unspecified atom stereocenters. The Morgan fingerprint density at radius 1 is 1.15 bits per heavy atom. The van der Waals surface area contributed by atoms with E-state index >= 15 is 0 Å². The van der Waals surface area contributed by atoms with E-state index in [0.29, 0.717) is 5.58 Å². The molecule has 0 spiro atoms. The van der Waals surface area contributed by atoms with Crippen LogP contribution in [-0.2, 0) is 0 Å². The third-order valence-corrected chi connectivity index (χ3v) is 3.02. The van der Waals surface area contributed by atoms with Crippen molar-refractivity contribution in [2.24, 2.45) is 0 Å². The van der Waals surface area contributed by atoms with E-state index in [4.69, 9.17) is 4.42 Å². The van der Waals surface area contributed by atoms with Gasteiger partial charge < -0.3 is 9.73 Å². The lowest BCUT2D eigenvalue weighted by atomic mass is 10.2. The van der Waals surface area contributed by atoms with Crippen LogP contribution in [0.5, 0.6) is 0 Å². The van der Waals surface area contributed by atoms with Gasteiger partial charge in [0.05, 0.1) is 5.69 Å². The van der Waals surface area contributed by atoms with Crippen molar-refractivity contribution < 1.29 is 13.6 Å². The van der Waals surface area contributed by atoms with E-state index in [-0.39, 0.29) is 11.4 Å². The number of carbonyl (C=O) groups is 1. The molecule has 2 aromatic carbocycles. The highest BCUT2D eigenvalue weighted by Crippen LogP contribution is 2.21. The number of nitrogens with one attached hydrogen (secondary N) is 1. The Morgan fingerprint density at radius 2 is 1.95 bits per heavy atom. The SMILES string of the molecule is Cc1ccc(F)c(NC(=O)c2cc3ccccc3o2)c1. The summed E-state index contributed by atoms with van der Waals surface area (Å²) in [5, 5.41) is 3.36. The molecule has 4 heteroatoms. The van der Waals surface area contributed by atoms with Gasteiger partial charge in [-0.05, 0) is 36.8 Å². The van der Waals surface area contributed by atoms with Crippen LogP contribution in [0.15, 0.2) is 52.9 Å².